The normalized spacial score (nSPS) is 10.1. The number of benzene rings is 1. The number of hydrogen-bond acceptors (Lipinski definition) is 6. The molecule has 7 heteroatoms. The Morgan fingerprint density at radius 3 is 2.56 bits per heavy atom. The molecular formula is C20H22N2O5. The molecule has 0 saturated carbocycles. The van der Waals surface area contributed by atoms with Gasteiger partial charge >= 0.3 is 5.97 Å². The Kier molecular flexibility index (Phi) is 7.00. The molecule has 1 aromatic heterocycles. The summed E-state index contributed by atoms with van der Waals surface area (Å²) in [4.78, 5) is 24.0. The smallest absolute Gasteiger partial charge is 0.338 e. The number of hydrogen-bond donors (Lipinski definition) is 1. The number of ether oxygens (including phenoxy) is 2. The molecule has 2 rings (SSSR count). The molecule has 1 N–H and O–H groups in total. The number of amides is 1. The van der Waals surface area contributed by atoms with Crippen LogP contribution in [0.5, 0.6) is 5.75 Å². The number of nitriles is 1. The largest absolute Gasteiger partial charge is 0.494 e. The van der Waals surface area contributed by atoms with E-state index in [1.807, 2.05) is 6.07 Å². The number of carbonyl (C=O) groups excluding carboxylic acids is 2. The SMILES string of the molecule is CCCCOc1ccc(C(=O)OCC(=O)Nc2oc(C)c(C)c2C#N)cc1. The first kappa shape index (κ1) is 20.0. The summed E-state index contributed by atoms with van der Waals surface area (Å²) < 4.78 is 15.9. The fraction of sp³-hybridized carbons (Fsp3) is 0.350. The van der Waals surface area contributed by atoms with Crippen molar-refractivity contribution in [1.29, 1.82) is 5.26 Å². The third kappa shape index (κ3) is 5.35. The van der Waals surface area contributed by atoms with Gasteiger partial charge in [-0.15, -0.1) is 0 Å². The summed E-state index contributed by atoms with van der Waals surface area (Å²) in [5.41, 5.74) is 1.23. The van der Waals surface area contributed by atoms with Gasteiger partial charge in [0.25, 0.3) is 5.91 Å². The second-order valence-corrected chi connectivity index (χ2v) is 5.95. The van der Waals surface area contributed by atoms with Crippen LogP contribution >= 0.6 is 0 Å². The average molecular weight is 370 g/mol. The average Bonchev–Trinajstić information content (AvgIpc) is 2.93. The van der Waals surface area contributed by atoms with Gasteiger partial charge in [0, 0.05) is 5.56 Å². The molecule has 0 fully saturated rings. The van der Waals surface area contributed by atoms with E-state index in [1.165, 1.54) is 0 Å². The van der Waals surface area contributed by atoms with Gasteiger partial charge < -0.3 is 13.9 Å². The van der Waals surface area contributed by atoms with Gasteiger partial charge in [-0.1, -0.05) is 13.3 Å². The number of carbonyl (C=O) groups is 2. The van der Waals surface area contributed by atoms with Crippen LogP contribution in [0.2, 0.25) is 0 Å². The third-order valence-electron chi connectivity index (χ3n) is 3.94. The predicted octanol–water partition coefficient (Wildman–Crippen LogP) is 3.74. The molecule has 0 bridgehead atoms. The van der Waals surface area contributed by atoms with E-state index in [2.05, 4.69) is 12.2 Å². The standard InChI is InChI=1S/C20H22N2O5/c1-4-5-10-25-16-8-6-15(7-9-16)20(24)26-12-18(23)22-19-17(11-21)13(2)14(3)27-19/h6-9H,4-5,10,12H2,1-3H3,(H,22,23). The molecule has 1 heterocycles. The molecule has 27 heavy (non-hydrogen) atoms. The molecule has 0 unspecified atom stereocenters. The zero-order valence-electron chi connectivity index (χ0n) is 15.6. The lowest BCUT2D eigenvalue weighted by atomic mass is 10.2. The van der Waals surface area contributed by atoms with Crippen molar-refractivity contribution >= 4 is 17.8 Å². The predicted molar refractivity (Wildman–Crippen MR) is 98.7 cm³/mol. The van der Waals surface area contributed by atoms with Crippen LogP contribution in [-0.4, -0.2) is 25.1 Å². The Balaban J connectivity index is 1.87. The van der Waals surface area contributed by atoms with E-state index in [9.17, 15) is 9.59 Å². The zero-order valence-corrected chi connectivity index (χ0v) is 15.6. The van der Waals surface area contributed by atoms with Crippen molar-refractivity contribution in [2.75, 3.05) is 18.5 Å². The molecule has 0 spiro atoms. The fourth-order valence-electron chi connectivity index (χ4n) is 2.25. The van der Waals surface area contributed by atoms with Crippen LogP contribution in [-0.2, 0) is 9.53 Å². The monoisotopic (exact) mass is 370 g/mol. The molecule has 1 aromatic carbocycles. The number of nitrogens with zero attached hydrogens (tertiary/aromatic N) is 1. The number of rotatable bonds is 8. The molecule has 142 valence electrons. The summed E-state index contributed by atoms with van der Waals surface area (Å²) in [5, 5.41) is 11.6. The van der Waals surface area contributed by atoms with Crippen molar-refractivity contribution in [3.63, 3.8) is 0 Å². The Bertz CT molecular complexity index is 846. The highest BCUT2D eigenvalue weighted by atomic mass is 16.5. The molecule has 0 aliphatic heterocycles. The molecule has 0 aliphatic rings. The van der Waals surface area contributed by atoms with Crippen molar-refractivity contribution in [3.05, 3.63) is 46.7 Å². The second-order valence-electron chi connectivity index (χ2n) is 5.95. The van der Waals surface area contributed by atoms with E-state index >= 15 is 0 Å². The van der Waals surface area contributed by atoms with Crippen LogP contribution in [0.3, 0.4) is 0 Å². The lowest BCUT2D eigenvalue weighted by Crippen LogP contribution is -2.21. The number of aryl methyl sites for hydroxylation is 1. The summed E-state index contributed by atoms with van der Waals surface area (Å²) >= 11 is 0. The maximum absolute atomic E-state index is 12.0. The highest BCUT2D eigenvalue weighted by Crippen LogP contribution is 2.25. The van der Waals surface area contributed by atoms with Crippen molar-refractivity contribution < 1.29 is 23.5 Å². The van der Waals surface area contributed by atoms with Crippen LogP contribution in [0, 0.1) is 25.2 Å². The number of nitrogens with one attached hydrogen (secondary N) is 1. The summed E-state index contributed by atoms with van der Waals surface area (Å²) in [6.07, 6.45) is 2.00. The van der Waals surface area contributed by atoms with Gasteiger partial charge in [-0.2, -0.15) is 5.26 Å². The lowest BCUT2D eigenvalue weighted by molar-refractivity contribution is -0.119. The number of furan rings is 1. The minimum atomic E-state index is -0.627. The van der Waals surface area contributed by atoms with E-state index in [1.54, 1.807) is 38.1 Å². The van der Waals surface area contributed by atoms with Gasteiger partial charge in [-0.25, -0.2) is 4.79 Å². The summed E-state index contributed by atoms with van der Waals surface area (Å²) in [5.74, 6) is 0.0539. The van der Waals surface area contributed by atoms with E-state index < -0.39 is 18.5 Å². The van der Waals surface area contributed by atoms with Crippen LogP contribution in [0.4, 0.5) is 5.88 Å². The number of anilines is 1. The molecule has 7 nitrogen and oxygen atoms in total. The molecule has 0 aliphatic carbocycles. The first-order chi connectivity index (χ1) is 13.0. The van der Waals surface area contributed by atoms with Crippen LogP contribution in [0.15, 0.2) is 28.7 Å². The molecule has 2 aromatic rings. The van der Waals surface area contributed by atoms with Gasteiger partial charge in [-0.05, 0) is 44.5 Å². The minimum Gasteiger partial charge on any atom is -0.494 e. The van der Waals surface area contributed by atoms with Gasteiger partial charge in [0.2, 0.25) is 5.88 Å². The maximum atomic E-state index is 12.0. The second kappa shape index (κ2) is 9.43. The van der Waals surface area contributed by atoms with Gasteiger partial charge in [-0.3, -0.25) is 10.1 Å². The molecular weight excluding hydrogens is 348 g/mol. The molecule has 0 saturated heterocycles. The highest BCUT2D eigenvalue weighted by Gasteiger charge is 2.17. The Morgan fingerprint density at radius 2 is 1.93 bits per heavy atom. The fourth-order valence-corrected chi connectivity index (χ4v) is 2.25. The Morgan fingerprint density at radius 1 is 1.22 bits per heavy atom. The van der Waals surface area contributed by atoms with Crippen molar-refractivity contribution in [3.8, 4) is 11.8 Å². The van der Waals surface area contributed by atoms with Gasteiger partial charge in [0.05, 0.1) is 12.2 Å². The minimum absolute atomic E-state index is 0.0575. The Hall–Kier alpha value is -3.27. The summed E-state index contributed by atoms with van der Waals surface area (Å²) in [6, 6.07) is 8.49. The van der Waals surface area contributed by atoms with Crippen molar-refractivity contribution in [2.24, 2.45) is 0 Å². The lowest BCUT2D eigenvalue weighted by Gasteiger charge is -2.07. The van der Waals surface area contributed by atoms with E-state index in [0.29, 0.717) is 29.2 Å². The zero-order chi connectivity index (χ0) is 19.8. The first-order valence-electron chi connectivity index (χ1n) is 8.66. The van der Waals surface area contributed by atoms with Crippen LogP contribution in [0.25, 0.3) is 0 Å². The topological polar surface area (TPSA) is 102 Å². The van der Waals surface area contributed by atoms with Gasteiger partial charge in [0.15, 0.2) is 6.61 Å². The molecule has 0 atom stereocenters. The van der Waals surface area contributed by atoms with E-state index in [-0.39, 0.29) is 11.4 Å². The quantitative estimate of drug-likeness (QED) is 0.561. The van der Waals surface area contributed by atoms with Crippen molar-refractivity contribution in [2.45, 2.75) is 33.6 Å². The van der Waals surface area contributed by atoms with E-state index in [4.69, 9.17) is 19.2 Å². The maximum Gasteiger partial charge on any atom is 0.338 e. The van der Waals surface area contributed by atoms with Crippen LogP contribution < -0.4 is 10.1 Å². The molecule has 0 radical (unpaired) electrons. The summed E-state index contributed by atoms with van der Waals surface area (Å²) in [6.45, 7) is 5.63. The number of unbranched alkanes of at least 4 members (excludes halogenated alkanes) is 1. The third-order valence-corrected chi connectivity index (χ3v) is 3.94. The van der Waals surface area contributed by atoms with Crippen LogP contribution in [0.1, 0.15) is 47.0 Å². The van der Waals surface area contributed by atoms with Crippen molar-refractivity contribution in [1.82, 2.24) is 0 Å². The highest BCUT2D eigenvalue weighted by molar-refractivity contribution is 5.95. The summed E-state index contributed by atoms with van der Waals surface area (Å²) in [7, 11) is 0. The number of esters is 1. The Labute approximate surface area is 157 Å². The van der Waals surface area contributed by atoms with E-state index in [0.717, 1.165) is 12.8 Å². The first-order valence-corrected chi connectivity index (χ1v) is 8.66. The van der Waals surface area contributed by atoms with Gasteiger partial charge in [0.1, 0.15) is 23.1 Å². The molecule has 1 amide bonds.